The minimum atomic E-state index is -4.06. The van der Waals surface area contributed by atoms with Crippen LogP contribution in [0.2, 0.25) is 0 Å². The molecular formula is C19H21BrN2O6S. The Bertz CT molecular complexity index is 946. The highest BCUT2D eigenvalue weighted by Gasteiger charge is 2.27. The summed E-state index contributed by atoms with van der Waals surface area (Å²) in [6.45, 7) is 0.565. The van der Waals surface area contributed by atoms with Crippen molar-refractivity contribution in [3.63, 3.8) is 0 Å². The Labute approximate surface area is 177 Å². The second-order valence-electron chi connectivity index (χ2n) is 6.02. The molecule has 0 saturated heterocycles. The molecule has 29 heavy (non-hydrogen) atoms. The maximum Gasteiger partial charge on any atom is 0.327 e. The summed E-state index contributed by atoms with van der Waals surface area (Å²) in [5.41, 5.74) is 1.65. The van der Waals surface area contributed by atoms with Crippen LogP contribution in [0, 0.1) is 0 Å². The molecule has 0 radical (unpaired) electrons. The van der Waals surface area contributed by atoms with Gasteiger partial charge in [-0.15, -0.1) is 0 Å². The third-order valence-corrected chi connectivity index (χ3v) is 5.90. The van der Waals surface area contributed by atoms with E-state index in [9.17, 15) is 23.1 Å². The molecule has 0 fully saturated rings. The number of aliphatic hydroxyl groups is 1. The molecule has 0 spiro atoms. The SMILES string of the molecule is CCc1ccc(NC(=O)COC(=O)C(CO)NS(=O)(=O)c2ccc(Br)cc2)cc1. The minimum absolute atomic E-state index is 0.0831. The number of hydrogen-bond acceptors (Lipinski definition) is 6. The Kier molecular flexibility index (Phi) is 8.32. The number of rotatable bonds is 9. The molecule has 2 aromatic rings. The summed E-state index contributed by atoms with van der Waals surface area (Å²) in [6.07, 6.45) is 0.866. The molecule has 0 bridgehead atoms. The first-order valence-electron chi connectivity index (χ1n) is 8.69. The zero-order chi connectivity index (χ0) is 21.4. The number of amides is 1. The van der Waals surface area contributed by atoms with Crippen molar-refractivity contribution < 1.29 is 27.9 Å². The number of esters is 1. The molecule has 3 N–H and O–H groups in total. The minimum Gasteiger partial charge on any atom is -0.454 e. The number of hydrogen-bond donors (Lipinski definition) is 3. The van der Waals surface area contributed by atoms with Crippen molar-refractivity contribution in [3.05, 3.63) is 58.6 Å². The molecule has 1 unspecified atom stereocenters. The molecule has 0 aliphatic carbocycles. The number of aliphatic hydroxyl groups excluding tert-OH is 1. The first-order valence-corrected chi connectivity index (χ1v) is 11.0. The van der Waals surface area contributed by atoms with Crippen LogP contribution in [-0.4, -0.2) is 44.7 Å². The second kappa shape index (κ2) is 10.5. The highest BCUT2D eigenvalue weighted by Crippen LogP contribution is 2.15. The van der Waals surface area contributed by atoms with Crippen LogP contribution in [0.15, 0.2) is 57.9 Å². The summed E-state index contributed by atoms with van der Waals surface area (Å²) in [4.78, 5) is 23.9. The van der Waals surface area contributed by atoms with E-state index in [4.69, 9.17) is 4.74 Å². The lowest BCUT2D eigenvalue weighted by Crippen LogP contribution is -2.44. The molecule has 0 aliphatic heterocycles. The first kappa shape index (κ1) is 23.0. The molecule has 2 rings (SSSR count). The van der Waals surface area contributed by atoms with Crippen molar-refractivity contribution in [2.45, 2.75) is 24.3 Å². The number of aryl methyl sites for hydroxylation is 1. The largest absolute Gasteiger partial charge is 0.454 e. The van der Waals surface area contributed by atoms with Crippen LogP contribution >= 0.6 is 15.9 Å². The Balaban J connectivity index is 1.91. The van der Waals surface area contributed by atoms with Gasteiger partial charge in [-0.2, -0.15) is 4.72 Å². The average molecular weight is 485 g/mol. The van der Waals surface area contributed by atoms with Gasteiger partial charge in [-0.1, -0.05) is 35.0 Å². The summed E-state index contributed by atoms with van der Waals surface area (Å²) in [6, 6.07) is 11.4. The van der Waals surface area contributed by atoms with Crippen LogP contribution in [0.4, 0.5) is 5.69 Å². The van der Waals surface area contributed by atoms with E-state index in [-0.39, 0.29) is 4.90 Å². The second-order valence-corrected chi connectivity index (χ2v) is 8.65. The standard InChI is InChI=1S/C19H21BrN2O6S/c1-2-13-3-7-15(8-4-13)21-18(24)12-28-19(25)17(11-23)22-29(26,27)16-9-5-14(20)6-10-16/h3-10,17,22-23H,2,11-12H2,1H3,(H,21,24). The number of benzene rings is 2. The molecule has 156 valence electrons. The normalized spacial score (nSPS) is 12.2. The van der Waals surface area contributed by atoms with E-state index >= 15 is 0 Å². The summed E-state index contributed by atoms with van der Waals surface area (Å²) in [5.74, 6) is -1.65. The van der Waals surface area contributed by atoms with Crippen LogP contribution in [-0.2, 0) is 30.8 Å². The molecule has 10 heteroatoms. The number of halogens is 1. The van der Waals surface area contributed by atoms with Gasteiger partial charge in [0.15, 0.2) is 6.61 Å². The molecule has 0 saturated carbocycles. The zero-order valence-electron chi connectivity index (χ0n) is 15.6. The fourth-order valence-electron chi connectivity index (χ4n) is 2.29. The quantitative estimate of drug-likeness (QED) is 0.466. The molecule has 0 heterocycles. The van der Waals surface area contributed by atoms with Gasteiger partial charge in [-0.25, -0.2) is 8.42 Å². The Morgan fingerprint density at radius 1 is 1.10 bits per heavy atom. The maximum atomic E-state index is 12.3. The highest BCUT2D eigenvalue weighted by molar-refractivity contribution is 9.10. The van der Waals surface area contributed by atoms with E-state index in [1.54, 1.807) is 12.1 Å². The fraction of sp³-hybridized carbons (Fsp3) is 0.263. The molecule has 2 aromatic carbocycles. The van der Waals surface area contributed by atoms with E-state index in [0.717, 1.165) is 12.0 Å². The van der Waals surface area contributed by atoms with Crippen molar-refractivity contribution in [2.75, 3.05) is 18.5 Å². The molecule has 1 atom stereocenters. The Morgan fingerprint density at radius 3 is 2.28 bits per heavy atom. The van der Waals surface area contributed by atoms with Gasteiger partial charge in [0, 0.05) is 10.2 Å². The van der Waals surface area contributed by atoms with Gasteiger partial charge in [0.25, 0.3) is 5.91 Å². The topological polar surface area (TPSA) is 122 Å². The Hall–Kier alpha value is -2.27. The third kappa shape index (κ3) is 6.93. The smallest absolute Gasteiger partial charge is 0.327 e. The van der Waals surface area contributed by atoms with E-state index in [0.29, 0.717) is 10.2 Å². The molecule has 8 nitrogen and oxygen atoms in total. The summed E-state index contributed by atoms with van der Waals surface area (Å²) in [5, 5.41) is 11.9. The zero-order valence-corrected chi connectivity index (χ0v) is 18.0. The van der Waals surface area contributed by atoms with E-state index in [1.807, 2.05) is 19.1 Å². The Morgan fingerprint density at radius 2 is 1.72 bits per heavy atom. The van der Waals surface area contributed by atoms with Gasteiger partial charge in [0.2, 0.25) is 10.0 Å². The monoisotopic (exact) mass is 484 g/mol. The van der Waals surface area contributed by atoms with Crippen LogP contribution < -0.4 is 10.0 Å². The lowest BCUT2D eigenvalue weighted by atomic mass is 10.1. The van der Waals surface area contributed by atoms with Crippen molar-refractivity contribution in [2.24, 2.45) is 0 Å². The van der Waals surface area contributed by atoms with Crippen molar-refractivity contribution >= 4 is 43.5 Å². The average Bonchev–Trinajstić information content (AvgIpc) is 2.71. The summed E-state index contributed by atoms with van der Waals surface area (Å²) in [7, 11) is -4.06. The first-order chi connectivity index (χ1) is 13.7. The van der Waals surface area contributed by atoms with E-state index < -0.39 is 41.2 Å². The number of nitrogens with one attached hydrogen (secondary N) is 2. The third-order valence-electron chi connectivity index (χ3n) is 3.88. The highest BCUT2D eigenvalue weighted by atomic mass is 79.9. The summed E-state index contributed by atoms with van der Waals surface area (Å²) >= 11 is 3.20. The van der Waals surface area contributed by atoms with Crippen LogP contribution in [0.5, 0.6) is 0 Å². The summed E-state index contributed by atoms with van der Waals surface area (Å²) < 4.78 is 32.2. The van der Waals surface area contributed by atoms with Gasteiger partial charge in [-0.05, 0) is 48.4 Å². The van der Waals surface area contributed by atoms with Gasteiger partial charge < -0.3 is 15.2 Å². The maximum absolute atomic E-state index is 12.3. The van der Waals surface area contributed by atoms with Gasteiger partial charge in [0.05, 0.1) is 11.5 Å². The molecular weight excluding hydrogens is 464 g/mol. The lowest BCUT2D eigenvalue weighted by molar-refractivity contribution is -0.149. The van der Waals surface area contributed by atoms with Crippen molar-refractivity contribution in [1.29, 1.82) is 0 Å². The predicted molar refractivity (Wildman–Crippen MR) is 111 cm³/mol. The number of sulfonamides is 1. The van der Waals surface area contributed by atoms with Crippen LogP contribution in [0.3, 0.4) is 0 Å². The molecule has 1 amide bonds. The van der Waals surface area contributed by atoms with Crippen LogP contribution in [0.25, 0.3) is 0 Å². The number of carbonyl (C=O) groups is 2. The predicted octanol–water partition coefficient (Wildman–Crippen LogP) is 1.83. The fourth-order valence-corrected chi connectivity index (χ4v) is 3.73. The van der Waals surface area contributed by atoms with Gasteiger partial charge in [0.1, 0.15) is 6.04 Å². The van der Waals surface area contributed by atoms with Crippen molar-refractivity contribution in [1.82, 2.24) is 4.72 Å². The molecule has 0 aliphatic rings. The van der Waals surface area contributed by atoms with Crippen LogP contribution in [0.1, 0.15) is 12.5 Å². The van der Waals surface area contributed by atoms with Crippen molar-refractivity contribution in [3.8, 4) is 0 Å². The van der Waals surface area contributed by atoms with Gasteiger partial charge in [-0.3, -0.25) is 9.59 Å². The number of anilines is 1. The molecule has 0 aromatic heterocycles. The lowest BCUT2D eigenvalue weighted by Gasteiger charge is -2.15. The van der Waals surface area contributed by atoms with Gasteiger partial charge >= 0.3 is 5.97 Å². The van der Waals surface area contributed by atoms with E-state index in [1.165, 1.54) is 24.3 Å². The number of carbonyl (C=O) groups excluding carboxylic acids is 2. The van der Waals surface area contributed by atoms with E-state index in [2.05, 4.69) is 26.0 Å². The number of ether oxygens (including phenoxy) is 1.